The number of carbonyl (C=O) groups is 1. The quantitative estimate of drug-likeness (QED) is 0.811. The molecular weight excluding hydrogens is 288 g/mol. The molecule has 4 nitrogen and oxygen atoms in total. The number of benzene rings is 1. The minimum atomic E-state index is -0.126. The lowest BCUT2D eigenvalue weighted by molar-refractivity contribution is 0.0993. The number of aromatic nitrogens is 1. The molecule has 0 aliphatic carbocycles. The lowest BCUT2D eigenvalue weighted by atomic mass is 10.1. The molecule has 0 atom stereocenters. The minimum Gasteiger partial charge on any atom is -0.497 e. The van der Waals surface area contributed by atoms with E-state index >= 15 is 0 Å². The summed E-state index contributed by atoms with van der Waals surface area (Å²) >= 11 is 5.96. The van der Waals surface area contributed by atoms with Crippen LogP contribution < -0.4 is 9.64 Å². The number of halogens is 1. The van der Waals surface area contributed by atoms with Gasteiger partial charge < -0.3 is 9.64 Å². The van der Waals surface area contributed by atoms with E-state index in [9.17, 15) is 4.79 Å². The van der Waals surface area contributed by atoms with Crippen molar-refractivity contribution in [2.75, 3.05) is 19.1 Å². The number of rotatable bonds is 4. The van der Waals surface area contributed by atoms with Gasteiger partial charge in [-0.2, -0.15) is 0 Å². The predicted molar refractivity (Wildman–Crippen MR) is 84.4 cm³/mol. The first-order valence-corrected chi connectivity index (χ1v) is 7.01. The third-order valence-corrected chi connectivity index (χ3v) is 3.41. The lowest BCUT2D eigenvalue weighted by Crippen LogP contribution is -2.26. The van der Waals surface area contributed by atoms with Gasteiger partial charge in [-0.3, -0.25) is 4.79 Å². The molecular formula is C16H17ClN2O2. The summed E-state index contributed by atoms with van der Waals surface area (Å²) in [7, 11) is 3.33. The number of hydrogen-bond acceptors (Lipinski definition) is 3. The summed E-state index contributed by atoms with van der Waals surface area (Å²) in [4.78, 5) is 18.3. The summed E-state index contributed by atoms with van der Waals surface area (Å²) in [5.41, 5.74) is 2.12. The predicted octanol–water partition coefficient (Wildman–Crippen LogP) is 3.58. The second-order valence-corrected chi connectivity index (χ2v) is 4.97. The fourth-order valence-electron chi connectivity index (χ4n) is 1.97. The molecule has 0 saturated carbocycles. The Morgan fingerprint density at radius 2 is 1.95 bits per heavy atom. The van der Waals surface area contributed by atoms with Gasteiger partial charge in [0.15, 0.2) is 0 Å². The van der Waals surface area contributed by atoms with Crippen molar-refractivity contribution in [1.82, 2.24) is 4.98 Å². The summed E-state index contributed by atoms with van der Waals surface area (Å²) in [5.74, 6) is 0.624. The van der Waals surface area contributed by atoms with Crippen molar-refractivity contribution in [3.8, 4) is 5.75 Å². The number of amides is 1. The van der Waals surface area contributed by atoms with Crippen LogP contribution in [0.25, 0.3) is 0 Å². The van der Waals surface area contributed by atoms with Crippen molar-refractivity contribution in [3.63, 3.8) is 0 Å². The van der Waals surface area contributed by atoms with E-state index in [1.165, 1.54) is 0 Å². The van der Waals surface area contributed by atoms with Gasteiger partial charge in [-0.25, -0.2) is 4.98 Å². The third-order valence-electron chi connectivity index (χ3n) is 3.22. The van der Waals surface area contributed by atoms with Crippen LogP contribution in [0.15, 0.2) is 36.4 Å². The zero-order valence-corrected chi connectivity index (χ0v) is 13.0. The number of ether oxygens (including phenoxy) is 1. The number of nitrogens with zero attached hydrogens (tertiary/aromatic N) is 2. The molecule has 0 radical (unpaired) electrons. The second-order valence-electron chi connectivity index (χ2n) is 4.59. The van der Waals surface area contributed by atoms with E-state index < -0.39 is 0 Å². The van der Waals surface area contributed by atoms with Crippen LogP contribution in [0.1, 0.15) is 23.0 Å². The van der Waals surface area contributed by atoms with E-state index in [4.69, 9.17) is 16.3 Å². The van der Waals surface area contributed by atoms with Crippen molar-refractivity contribution in [2.24, 2.45) is 0 Å². The van der Waals surface area contributed by atoms with Crippen LogP contribution in [-0.2, 0) is 6.42 Å². The van der Waals surface area contributed by atoms with Gasteiger partial charge in [0, 0.05) is 24.0 Å². The first-order chi connectivity index (χ1) is 10.0. The molecule has 0 N–H and O–H groups in total. The lowest BCUT2D eigenvalue weighted by Gasteiger charge is -2.18. The highest BCUT2D eigenvalue weighted by Crippen LogP contribution is 2.21. The summed E-state index contributed by atoms with van der Waals surface area (Å²) in [5, 5.41) is 0.334. The summed E-state index contributed by atoms with van der Waals surface area (Å²) in [6.45, 7) is 1.97. The van der Waals surface area contributed by atoms with E-state index in [0.29, 0.717) is 10.7 Å². The maximum atomic E-state index is 12.5. The Balaban J connectivity index is 2.27. The zero-order chi connectivity index (χ0) is 15.4. The molecule has 0 saturated heterocycles. The molecule has 110 valence electrons. The van der Waals surface area contributed by atoms with E-state index in [0.717, 1.165) is 23.6 Å². The Kier molecular flexibility index (Phi) is 4.81. The largest absolute Gasteiger partial charge is 0.497 e. The van der Waals surface area contributed by atoms with E-state index in [1.54, 1.807) is 31.2 Å². The van der Waals surface area contributed by atoms with Crippen LogP contribution in [-0.4, -0.2) is 25.0 Å². The third kappa shape index (κ3) is 3.52. The smallest absolute Gasteiger partial charge is 0.258 e. The van der Waals surface area contributed by atoms with Crippen LogP contribution in [0, 0.1) is 0 Å². The average molecular weight is 305 g/mol. The Hall–Kier alpha value is -2.07. The van der Waals surface area contributed by atoms with Gasteiger partial charge in [-0.1, -0.05) is 18.5 Å². The molecule has 1 heterocycles. The molecule has 2 rings (SSSR count). The molecule has 21 heavy (non-hydrogen) atoms. The molecule has 1 aromatic heterocycles. The van der Waals surface area contributed by atoms with Crippen molar-refractivity contribution in [1.29, 1.82) is 0 Å². The van der Waals surface area contributed by atoms with Gasteiger partial charge in [0.05, 0.1) is 7.11 Å². The van der Waals surface area contributed by atoms with Gasteiger partial charge in [-0.15, -0.1) is 0 Å². The van der Waals surface area contributed by atoms with Gasteiger partial charge in [0.25, 0.3) is 5.91 Å². The molecule has 0 aliphatic heterocycles. The fraction of sp³-hybridized carbons (Fsp3) is 0.250. The maximum Gasteiger partial charge on any atom is 0.258 e. The van der Waals surface area contributed by atoms with Crippen molar-refractivity contribution in [2.45, 2.75) is 13.3 Å². The van der Waals surface area contributed by atoms with E-state index in [1.807, 2.05) is 31.2 Å². The first-order valence-electron chi connectivity index (χ1n) is 6.63. The van der Waals surface area contributed by atoms with Gasteiger partial charge in [0.1, 0.15) is 10.9 Å². The first kappa shape index (κ1) is 15.3. The van der Waals surface area contributed by atoms with Gasteiger partial charge >= 0.3 is 0 Å². The van der Waals surface area contributed by atoms with Crippen molar-refractivity contribution in [3.05, 3.63) is 52.8 Å². The standard InChI is InChI=1S/C16H17ClN2O2/c1-4-12-9-11(10-15(17)18-12)16(20)19(2)13-5-7-14(21-3)8-6-13/h5-10H,4H2,1-3H3. The normalized spacial score (nSPS) is 10.3. The molecule has 0 unspecified atom stereocenters. The molecule has 0 spiro atoms. The number of aryl methyl sites for hydroxylation is 1. The van der Waals surface area contributed by atoms with Crippen LogP contribution in [0.4, 0.5) is 5.69 Å². The summed E-state index contributed by atoms with van der Waals surface area (Å²) in [6, 6.07) is 10.7. The number of carbonyl (C=O) groups excluding carboxylic acids is 1. The highest BCUT2D eigenvalue weighted by molar-refractivity contribution is 6.29. The van der Waals surface area contributed by atoms with Crippen LogP contribution in [0.5, 0.6) is 5.75 Å². The monoisotopic (exact) mass is 304 g/mol. The minimum absolute atomic E-state index is 0.126. The zero-order valence-electron chi connectivity index (χ0n) is 12.3. The number of pyridine rings is 1. The van der Waals surface area contributed by atoms with Gasteiger partial charge in [-0.05, 0) is 42.8 Å². The van der Waals surface area contributed by atoms with Crippen LogP contribution >= 0.6 is 11.6 Å². The summed E-state index contributed by atoms with van der Waals surface area (Å²) < 4.78 is 5.11. The Bertz CT molecular complexity index is 641. The molecule has 1 aromatic carbocycles. The molecule has 2 aromatic rings. The number of methoxy groups -OCH3 is 1. The molecule has 5 heteroatoms. The highest BCUT2D eigenvalue weighted by atomic mass is 35.5. The maximum absolute atomic E-state index is 12.5. The fourth-order valence-corrected chi connectivity index (χ4v) is 2.20. The average Bonchev–Trinajstić information content (AvgIpc) is 2.52. The van der Waals surface area contributed by atoms with Crippen molar-refractivity contribution >= 4 is 23.2 Å². The number of anilines is 1. The SMILES string of the molecule is CCc1cc(C(=O)N(C)c2ccc(OC)cc2)cc(Cl)n1. The van der Waals surface area contributed by atoms with Crippen LogP contribution in [0.3, 0.4) is 0 Å². The Morgan fingerprint density at radius 3 is 2.52 bits per heavy atom. The second kappa shape index (κ2) is 6.59. The summed E-state index contributed by atoms with van der Waals surface area (Å²) in [6.07, 6.45) is 0.729. The molecule has 0 aliphatic rings. The van der Waals surface area contributed by atoms with Crippen molar-refractivity contribution < 1.29 is 9.53 Å². The van der Waals surface area contributed by atoms with Gasteiger partial charge in [0.2, 0.25) is 0 Å². The topological polar surface area (TPSA) is 42.4 Å². The molecule has 0 bridgehead atoms. The Morgan fingerprint density at radius 1 is 1.29 bits per heavy atom. The number of hydrogen-bond donors (Lipinski definition) is 0. The van der Waals surface area contributed by atoms with E-state index in [2.05, 4.69) is 4.98 Å². The highest BCUT2D eigenvalue weighted by Gasteiger charge is 2.15. The Labute approximate surface area is 129 Å². The van der Waals surface area contributed by atoms with E-state index in [-0.39, 0.29) is 5.91 Å². The molecule has 0 fully saturated rings. The molecule has 1 amide bonds. The van der Waals surface area contributed by atoms with Crippen LogP contribution in [0.2, 0.25) is 5.15 Å².